The van der Waals surface area contributed by atoms with Gasteiger partial charge in [-0.25, -0.2) is 0 Å². The smallest absolute Gasteiger partial charge is 0.305 e. The van der Waals surface area contributed by atoms with Crippen molar-refractivity contribution in [3.05, 3.63) is 0 Å². The molecule has 76 valence electrons. The zero-order valence-corrected chi connectivity index (χ0v) is 7.19. The number of carbonyl (C=O) groups excluding carboxylic acids is 1. The summed E-state index contributed by atoms with van der Waals surface area (Å²) < 4.78 is 0. The number of nitrogens with two attached hydrogens (primary N) is 1. The van der Waals surface area contributed by atoms with Gasteiger partial charge in [0.1, 0.15) is 0 Å². The molecular weight excluding hydrogens is 176 g/mol. The molecule has 0 radical (unpaired) electrons. The van der Waals surface area contributed by atoms with Crippen LogP contribution in [0.2, 0.25) is 0 Å². The van der Waals surface area contributed by atoms with E-state index in [9.17, 15) is 9.59 Å². The van der Waals surface area contributed by atoms with Gasteiger partial charge in [-0.2, -0.15) is 0 Å². The Labute approximate surface area is 75.7 Å². The first-order valence-electron chi connectivity index (χ1n) is 3.93. The Kier molecular flexibility index (Phi) is 5.82. The molecule has 0 rings (SSSR count). The van der Waals surface area contributed by atoms with E-state index in [4.69, 9.17) is 15.9 Å². The molecule has 0 aromatic carbocycles. The molecule has 6 heteroatoms. The van der Waals surface area contributed by atoms with Crippen LogP contribution in [0.3, 0.4) is 0 Å². The van der Waals surface area contributed by atoms with E-state index in [0.717, 1.165) is 0 Å². The first-order chi connectivity index (χ1) is 6.07. The molecule has 1 amide bonds. The second kappa shape index (κ2) is 6.38. The van der Waals surface area contributed by atoms with Crippen LogP contribution in [0.25, 0.3) is 0 Å². The highest BCUT2D eigenvalue weighted by atomic mass is 16.4. The molecule has 6 nitrogen and oxygen atoms in total. The number of amides is 1. The maximum atomic E-state index is 10.7. The van der Waals surface area contributed by atoms with Crippen LogP contribution in [-0.4, -0.2) is 41.3 Å². The SMILES string of the molecule is NC(=O)C(CC(=O)O)NCCCO. The van der Waals surface area contributed by atoms with Crippen molar-refractivity contribution >= 4 is 11.9 Å². The fourth-order valence-corrected chi connectivity index (χ4v) is 0.803. The molecule has 0 aliphatic heterocycles. The Bertz CT molecular complexity index is 183. The molecule has 0 spiro atoms. The molecular formula is C7H14N2O4. The van der Waals surface area contributed by atoms with Gasteiger partial charge >= 0.3 is 5.97 Å². The molecule has 5 N–H and O–H groups in total. The third-order valence-corrected chi connectivity index (χ3v) is 1.45. The van der Waals surface area contributed by atoms with Crippen LogP contribution in [-0.2, 0) is 9.59 Å². The van der Waals surface area contributed by atoms with Crippen molar-refractivity contribution in [3.8, 4) is 0 Å². The van der Waals surface area contributed by atoms with Gasteiger partial charge in [0, 0.05) is 6.61 Å². The van der Waals surface area contributed by atoms with Gasteiger partial charge in [-0.1, -0.05) is 0 Å². The summed E-state index contributed by atoms with van der Waals surface area (Å²) in [7, 11) is 0. The summed E-state index contributed by atoms with van der Waals surface area (Å²) >= 11 is 0. The quantitative estimate of drug-likeness (QED) is 0.357. The predicted molar refractivity (Wildman–Crippen MR) is 44.9 cm³/mol. The number of carbonyl (C=O) groups is 2. The fourth-order valence-electron chi connectivity index (χ4n) is 0.803. The summed E-state index contributed by atoms with van der Waals surface area (Å²) in [5.41, 5.74) is 4.94. The van der Waals surface area contributed by atoms with E-state index < -0.39 is 17.9 Å². The van der Waals surface area contributed by atoms with Gasteiger partial charge in [-0.3, -0.25) is 9.59 Å². The number of carboxylic acid groups (broad SMARTS) is 1. The molecule has 0 fully saturated rings. The van der Waals surface area contributed by atoms with Crippen LogP contribution in [0.15, 0.2) is 0 Å². The molecule has 0 aromatic heterocycles. The zero-order valence-electron chi connectivity index (χ0n) is 7.19. The number of aliphatic carboxylic acids is 1. The summed E-state index contributed by atoms with van der Waals surface area (Å²) in [6.45, 7) is 0.364. The van der Waals surface area contributed by atoms with Crippen LogP contribution in [0.5, 0.6) is 0 Å². The van der Waals surface area contributed by atoms with E-state index >= 15 is 0 Å². The summed E-state index contributed by atoms with van der Waals surface area (Å²) in [6, 6.07) is -0.857. The van der Waals surface area contributed by atoms with Crippen LogP contribution in [0.1, 0.15) is 12.8 Å². The maximum absolute atomic E-state index is 10.7. The van der Waals surface area contributed by atoms with E-state index in [-0.39, 0.29) is 13.0 Å². The minimum atomic E-state index is -1.08. The summed E-state index contributed by atoms with van der Waals surface area (Å²) in [5, 5.41) is 19.5. The molecule has 0 aliphatic carbocycles. The zero-order chi connectivity index (χ0) is 10.3. The van der Waals surface area contributed by atoms with Gasteiger partial charge in [0.15, 0.2) is 0 Å². The van der Waals surface area contributed by atoms with Gasteiger partial charge in [-0.05, 0) is 13.0 Å². The minimum absolute atomic E-state index is 0.00838. The lowest BCUT2D eigenvalue weighted by Crippen LogP contribution is -2.43. The molecule has 1 atom stereocenters. The molecule has 0 saturated carbocycles. The molecule has 0 saturated heterocycles. The summed E-state index contributed by atoms with van der Waals surface area (Å²) in [6.07, 6.45) is 0.129. The van der Waals surface area contributed by atoms with Gasteiger partial charge in [0.2, 0.25) is 5.91 Å². The highest BCUT2D eigenvalue weighted by Crippen LogP contribution is 1.91. The van der Waals surface area contributed by atoms with Crippen molar-refractivity contribution < 1.29 is 19.8 Å². The fraction of sp³-hybridized carbons (Fsp3) is 0.714. The Hall–Kier alpha value is -1.14. The van der Waals surface area contributed by atoms with Crippen LogP contribution >= 0.6 is 0 Å². The lowest BCUT2D eigenvalue weighted by atomic mass is 10.2. The molecule has 0 bridgehead atoms. The largest absolute Gasteiger partial charge is 0.481 e. The number of hydrogen-bond acceptors (Lipinski definition) is 4. The Morgan fingerprint density at radius 3 is 2.46 bits per heavy atom. The summed E-state index contributed by atoms with van der Waals surface area (Å²) in [5.74, 6) is -1.78. The standard InChI is InChI=1S/C7H14N2O4/c8-7(13)5(4-6(11)12)9-2-1-3-10/h5,9-10H,1-4H2,(H2,8,13)(H,11,12). The van der Waals surface area contributed by atoms with Crippen LogP contribution in [0.4, 0.5) is 0 Å². The summed E-state index contributed by atoms with van der Waals surface area (Å²) in [4.78, 5) is 20.9. The van der Waals surface area contributed by atoms with Gasteiger partial charge in [0.05, 0.1) is 12.5 Å². The van der Waals surface area contributed by atoms with Crippen molar-refractivity contribution in [1.82, 2.24) is 5.32 Å². The maximum Gasteiger partial charge on any atom is 0.305 e. The lowest BCUT2D eigenvalue weighted by molar-refractivity contribution is -0.139. The van der Waals surface area contributed by atoms with Crippen molar-refractivity contribution in [1.29, 1.82) is 0 Å². The first-order valence-corrected chi connectivity index (χ1v) is 3.93. The number of carboxylic acids is 1. The molecule has 1 unspecified atom stereocenters. The second-order valence-electron chi connectivity index (χ2n) is 2.58. The number of primary amides is 1. The van der Waals surface area contributed by atoms with Crippen molar-refractivity contribution in [2.45, 2.75) is 18.9 Å². The van der Waals surface area contributed by atoms with Gasteiger partial charge < -0.3 is 21.3 Å². The van der Waals surface area contributed by atoms with Gasteiger partial charge in [0.25, 0.3) is 0 Å². The minimum Gasteiger partial charge on any atom is -0.481 e. The number of rotatable bonds is 7. The number of hydrogen-bond donors (Lipinski definition) is 4. The average Bonchev–Trinajstić information content (AvgIpc) is 2.02. The van der Waals surface area contributed by atoms with Crippen LogP contribution < -0.4 is 11.1 Å². The van der Waals surface area contributed by atoms with Gasteiger partial charge in [-0.15, -0.1) is 0 Å². The average molecular weight is 190 g/mol. The monoisotopic (exact) mass is 190 g/mol. The molecule has 0 aliphatic rings. The molecule has 0 heterocycles. The van der Waals surface area contributed by atoms with Crippen molar-refractivity contribution in [2.75, 3.05) is 13.2 Å². The Morgan fingerprint density at radius 2 is 2.08 bits per heavy atom. The highest BCUT2D eigenvalue weighted by molar-refractivity contribution is 5.84. The van der Waals surface area contributed by atoms with E-state index in [0.29, 0.717) is 13.0 Å². The normalized spacial score (nSPS) is 12.4. The van der Waals surface area contributed by atoms with E-state index in [1.165, 1.54) is 0 Å². The number of aliphatic hydroxyl groups is 1. The number of aliphatic hydroxyl groups excluding tert-OH is 1. The van der Waals surface area contributed by atoms with Crippen molar-refractivity contribution in [3.63, 3.8) is 0 Å². The Balaban J connectivity index is 3.81. The van der Waals surface area contributed by atoms with E-state index in [2.05, 4.69) is 5.32 Å². The lowest BCUT2D eigenvalue weighted by Gasteiger charge is -2.11. The highest BCUT2D eigenvalue weighted by Gasteiger charge is 2.17. The third kappa shape index (κ3) is 6.06. The molecule has 0 aromatic rings. The first kappa shape index (κ1) is 11.9. The predicted octanol–water partition coefficient (Wildman–Crippen LogP) is -1.71. The Morgan fingerprint density at radius 1 is 1.46 bits per heavy atom. The third-order valence-electron chi connectivity index (χ3n) is 1.45. The molecule has 13 heavy (non-hydrogen) atoms. The number of nitrogens with one attached hydrogen (secondary N) is 1. The van der Waals surface area contributed by atoms with E-state index in [1.54, 1.807) is 0 Å². The van der Waals surface area contributed by atoms with Crippen LogP contribution in [0, 0.1) is 0 Å². The van der Waals surface area contributed by atoms with E-state index in [1.807, 2.05) is 0 Å². The second-order valence-corrected chi connectivity index (χ2v) is 2.58. The topological polar surface area (TPSA) is 113 Å². The van der Waals surface area contributed by atoms with Crippen molar-refractivity contribution in [2.24, 2.45) is 5.73 Å².